The zero-order valence-electron chi connectivity index (χ0n) is 13.1. The highest BCUT2D eigenvalue weighted by Crippen LogP contribution is 2.43. The molecule has 0 bridgehead atoms. The third-order valence-electron chi connectivity index (χ3n) is 4.16. The summed E-state index contributed by atoms with van der Waals surface area (Å²) >= 11 is 0. The van der Waals surface area contributed by atoms with E-state index in [0.717, 1.165) is 0 Å². The van der Waals surface area contributed by atoms with E-state index < -0.39 is 17.8 Å². The fourth-order valence-corrected chi connectivity index (χ4v) is 2.78. The maximum Gasteiger partial charge on any atom is 0.192 e. The van der Waals surface area contributed by atoms with Gasteiger partial charge in [0.2, 0.25) is 0 Å². The van der Waals surface area contributed by atoms with E-state index in [1.165, 1.54) is 6.07 Å². The van der Waals surface area contributed by atoms with Crippen molar-refractivity contribution in [3.63, 3.8) is 0 Å². The lowest BCUT2D eigenvalue weighted by atomic mass is 9.87. The van der Waals surface area contributed by atoms with Gasteiger partial charge in [0.1, 0.15) is 34.9 Å². The number of fused-ring (bicyclic) bond motifs is 3. The minimum absolute atomic E-state index is 0.0379. The van der Waals surface area contributed by atoms with Crippen molar-refractivity contribution in [2.75, 3.05) is 0 Å². The topological polar surface area (TPSA) is 79.9 Å². The summed E-state index contributed by atoms with van der Waals surface area (Å²) in [4.78, 5) is 12.3. The van der Waals surface area contributed by atoms with Crippen LogP contribution in [0.4, 0.5) is 0 Å². The Kier molecular flexibility index (Phi) is 3.30. The van der Waals surface area contributed by atoms with Gasteiger partial charge in [0.15, 0.2) is 5.43 Å². The first-order valence-corrected chi connectivity index (χ1v) is 7.38. The van der Waals surface area contributed by atoms with Gasteiger partial charge in [0.05, 0.1) is 10.9 Å². The minimum Gasteiger partial charge on any atom is -0.485 e. The van der Waals surface area contributed by atoms with E-state index in [1.54, 1.807) is 26.0 Å². The normalized spacial score (nSPS) is 23.4. The molecule has 0 radical (unpaired) electrons. The van der Waals surface area contributed by atoms with Crippen molar-refractivity contribution in [2.24, 2.45) is 0 Å². The maximum atomic E-state index is 12.3. The lowest BCUT2D eigenvalue weighted by Crippen LogP contribution is -2.48. The van der Waals surface area contributed by atoms with Crippen LogP contribution in [-0.2, 0) is 0 Å². The molecule has 5 nitrogen and oxygen atoms in total. The van der Waals surface area contributed by atoms with E-state index >= 15 is 0 Å². The molecule has 2 atom stereocenters. The van der Waals surface area contributed by atoms with Crippen molar-refractivity contribution in [2.45, 2.75) is 51.4 Å². The van der Waals surface area contributed by atoms with Gasteiger partial charge in [-0.25, -0.2) is 0 Å². The zero-order valence-corrected chi connectivity index (χ0v) is 13.1. The van der Waals surface area contributed by atoms with Crippen LogP contribution >= 0.6 is 0 Å². The number of benzene rings is 1. The lowest BCUT2D eigenvalue weighted by Gasteiger charge is -2.40. The van der Waals surface area contributed by atoms with Crippen LogP contribution in [0.5, 0.6) is 5.75 Å². The van der Waals surface area contributed by atoms with Crippen LogP contribution in [-0.4, -0.2) is 21.9 Å². The predicted molar refractivity (Wildman–Crippen MR) is 82.2 cm³/mol. The number of ether oxygens (including phenoxy) is 1. The van der Waals surface area contributed by atoms with Crippen molar-refractivity contribution in [3.05, 3.63) is 39.7 Å². The summed E-state index contributed by atoms with van der Waals surface area (Å²) in [5, 5.41) is 21.1. The molecule has 0 spiro atoms. The molecule has 0 saturated heterocycles. The molecule has 1 aliphatic rings. The van der Waals surface area contributed by atoms with E-state index in [0.29, 0.717) is 22.5 Å². The van der Waals surface area contributed by atoms with Crippen LogP contribution in [0.1, 0.15) is 51.0 Å². The summed E-state index contributed by atoms with van der Waals surface area (Å²) < 4.78 is 11.6. The molecule has 22 heavy (non-hydrogen) atoms. The molecule has 1 aromatic heterocycles. The SMILES string of the molecule is CC(C)c1cc(=O)c2ccc3c(c2o1)[C@@H](O)[C@@H](O)C(C)(C)O3. The van der Waals surface area contributed by atoms with Crippen molar-refractivity contribution in [1.29, 1.82) is 0 Å². The second-order valence-electron chi connectivity index (χ2n) is 6.62. The van der Waals surface area contributed by atoms with Gasteiger partial charge in [0.25, 0.3) is 0 Å². The summed E-state index contributed by atoms with van der Waals surface area (Å²) in [6.45, 7) is 7.25. The Balaban J connectivity index is 2.35. The first-order chi connectivity index (χ1) is 10.2. The van der Waals surface area contributed by atoms with Gasteiger partial charge in [-0.15, -0.1) is 0 Å². The third-order valence-corrected chi connectivity index (χ3v) is 4.16. The van der Waals surface area contributed by atoms with Crippen LogP contribution < -0.4 is 10.2 Å². The van der Waals surface area contributed by atoms with E-state index in [1.807, 2.05) is 13.8 Å². The Labute approximate surface area is 128 Å². The largest absolute Gasteiger partial charge is 0.485 e. The van der Waals surface area contributed by atoms with Gasteiger partial charge in [0, 0.05) is 12.0 Å². The molecule has 1 aromatic carbocycles. The molecule has 2 N–H and O–H groups in total. The van der Waals surface area contributed by atoms with Crippen LogP contribution in [0.2, 0.25) is 0 Å². The molecule has 2 heterocycles. The molecule has 0 saturated carbocycles. The highest BCUT2D eigenvalue weighted by atomic mass is 16.5. The molecule has 3 rings (SSSR count). The molecule has 5 heteroatoms. The van der Waals surface area contributed by atoms with Gasteiger partial charge >= 0.3 is 0 Å². The molecular formula is C17H20O5. The fraction of sp³-hybridized carbons (Fsp3) is 0.471. The molecule has 0 unspecified atom stereocenters. The Morgan fingerprint density at radius 2 is 1.91 bits per heavy atom. The smallest absolute Gasteiger partial charge is 0.192 e. The molecule has 118 valence electrons. The number of aliphatic hydroxyl groups is 2. The van der Waals surface area contributed by atoms with E-state index in [4.69, 9.17) is 9.15 Å². The molecule has 0 aliphatic carbocycles. The Hall–Kier alpha value is -1.85. The monoisotopic (exact) mass is 304 g/mol. The van der Waals surface area contributed by atoms with Crippen molar-refractivity contribution in [1.82, 2.24) is 0 Å². The molecule has 0 fully saturated rings. The second-order valence-corrected chi connectivity index (χ2v) is 6.62. The number of aliphatic hydroxyl groups excluding tert-OH is 2. The summed E-state index contributed by atoms with van der Waals surface area (Å²) in [5.41, 5.74) is -0.463. The minimum atomic E-state index is -1.17. The van der Waals surface area contributed by atoms with Crippen LogP contribution in [0.15, 0.2) is 27.4 Å². The Morgan fingerprint density at radius 3 is 2.55 bits per heavy atom. The van der Waals surface area contributed by atoms with E-state index in [2.05, 4.69) is 0 Å². The molecular weight excluding hydrogens is 284 g/mol. The lowest BCUT2D eigenvalue weighted by molar-refractivity contribution is -0.111. The van der Waals surface area contributed by atoms with Gasteiger partial charge < -0.3 is 19.4 Å². The average Bonchev–Trinajstić information content (AvgIpc) is 2.43. The first-order valence-electron chi connectivity index (χ1n) is 7.38. The van der Waals surface area contributed by atoms with Gasteiger partial charge in [-0.1, -0.05) is 13.8 Å². The Morgan fingerprint density at radius 1 is 1.23 bits per heavy atom. The molecule has 0 amide bonds. The average molecular weight is 304 g/mol. The van der Waals surface area contributed by atoms with Crippen molar-refractivity contribution < 1.29 is 19.4 Å². The van der Waals surface area contributed by atoms with Gasteiger partial charge in [-0.2, -0.15) is 0 Å². The third kappa shape index (κ3) is 2.12. The number of hydrogen-bond donors (Lipinski definition) is 2. The van der Waals surface area contributed by atoms with E-state index in [9.17, 15) is 15.0 Å². The quantitative estimate of drug-likeness (QED) is 0.846. The summed E-state index contributed by atoms with van der Waals surface area (Å²) in [6.07, 6.45) is -2.29. The Bertz CT molecular complexity index is 787. The highest BCUT2D eigenvalue weighted by Gasteiger charge is 2.43. The maximum absolute atomic E-state index is 12.3. The van der Waals surface area contributed by atoms with Gasteiger partial charge in [-0.05, 0) is 26.0 Å². The second kappa shape index (κ2) is 4.83. The van der Waals surface area contributed by atoms with Crippen LogP contribution in [0, 0.1) is 0 Å². The summed E-state index contributed by atoms with van der Waals surface area (Å²) in [6, 6.07) is 4.74. The zero-order chi connectivity index (χ0) is 16.2. The van der Waals surface area contributed by atoms with Crippen molar-refractivity contribution in [3.8, 4) is 5.75 Å². The van der Waals surface area contributed by atoms with Crippen LogP contribution in [0.3, 0.4) is 0 Å². The molecule has 2 aromatic rings. The standard InChI is InChI=1S/C17H20O5/c1-8(2)12-7-10(18)9-5-6-11-13(15(9)21-12)14(19)16(20)17(3,4)22-11/h5-8,14,16,19-20H,1-4H3/t14-,16-/m1/s1. The fourth-order valence-electron chi connectivity index (χ4n) is 2.78. The summed E-state index contributed by atoms with van der Waals surface area (Å²) in [7, 11) is 0. The number of rotatable bonds is 1. The van der Waals surface area contributed by atoms with Gasteiger partial charge in [-0.3, -0.25) is 4.79 Å². The summed E-state index contributed by atoms with van der Waals surface area (Å²) in [5.74, 6) is 1.01. The molecule has 1 aliphatic heterocycles. The number of hydrogen-bond acceptors (Lipinski definition) is 5. The van der Waals surface area contributed by atoms with Crippen molar-refractivity contribution >= 4 is 11.0 Å². The van der Waals surface area contributed by atoms with Crippen LogP contribution in [0.25, 0.3) is 11.0 Å². The predicted octanol–water partition coefficient (Wildman–Crippen LogP) is 2.48. The first kappa shape index (κ1) is 15.1. The highest BCUT2D eigenvalue weighted by molar-refractivity contribution is 5.83. The van der Waals surface area contributed by atoms with E-state index in [-0.39, 0.29) is 16.9 Å².